The number of hydrogen-bond acceptors (Lipinski definition) is 6. The van der Waals surface area contributed by atoms with Crippen LogP contribution in [0.2, 0.25) is 0 Å². The molecule has 0 aliphatic rings. The van der Waals surface area contributed by atoms with Crippen molar-refractivity contribution in [3.63, 3.8) is 0 Å². The van der Waals surface area contributed by atoms with Crippen molar-refractivity contribution in [2.24, 2.45) is 0 Å². The molecule has 0 aliphatic carbocycles. The highest BCUT2D eigenvalue weighted by atomic mass is 16.5. The first-order chi connectivity index (χ1) is 10.3. The molecule has 0 radical (unpaired) electrons. The molecule has 0 aliphatic heterocycles. The molecule has 0 spiro atoms. The van der Waals surface area contributed by atoms with Gasteiger partial charge < -0.3 is 14.0 Å². The molecule has 0 amide bonds. The lowest BCUT2D eigenvalue weighted by molar-refractivity contribution is 0.174. The van der Waals surface area contributed by atoms with Crippen molar-refractivity contribution in [2.45, 2.75) is 20.1 Å². The van der Waals surface area contributed by atoms with Gasteiger partial charge >= 0.3 is 0 Å². The largest absolute Gasteiger partial charge is 0.483 e. The van der Waals surface area contributed by atoms with Gasteiger partial charge in [0, 0.05) is 18.2 Å². The van der Waals surface area contributed by atoms with E-state index in [9.17, 15) is 0 Å². The second kappa shape index (κ2) is 5.88. The number of fused-ring (bicyclic) bond motifs is 1. The van der Waals surface area contributed by atoms with E-state index in [4.69, 9.17) is 14.0 Å². The van der Waals surface area contributed by atoms with Gasteiger partial charge in [-0.25, -0.2) is 0 Å². The van der Waals surface area contributed by atoms with E-state index in [1.54, 1.807) is 7.11 Å². The maximum atomic E-state index is 5.76. The molecular weight excluding hydrogens is 270 g/mol. The predicted molar refractivity (Wildman–Crippen MR) is 75.8 cm³/mol. The monoisotopic (exact) mass is 285 g/mol. The lowest BCUT2D eigenvalue weighted by Gasteiger charge is -2.07. The quantitative estimate of drug-likeness (QED) is 0.717. The first kappa shape index (κ1) is 13.5. The van der Waals surface area contributed by atoms with Crippen LogP contribution < -0.4 is 4.74 Å². The van der Waals surface area contributed by atoms with Crippen LogP contribution in [0.25, 0.3) is 10.9 Å². The standard InChI is InChI=1S/C15H15N3O3/c1-10-6-7-11-12(16-10)4-3-5-13(11)20-9-15-17-14(8-19-2)18-21-15/h3-7H,8-9H2,1-2H3. The van der Waals surface area contributed by atoms with E-state index in [-0.39, 0.29) is 6.61 Å². The van der Waals surface area contributed by atoms with Crippen LogP contribution in [0.4, 0.5) is 0 Å². The van der Waals surface area contributed by atoms with Crippen molar-refractivity contribution in [3.8, 4) is 5.75 Å². The van der Waals surface area contributed by atoms with Crippen LogP contribution >= 0.6 is 0 Å². The summed E-state index contributed by atoms with van der Waals surface area (Å²) in [5, 5.41) is 4.75. The van der Waals surface area contributed by atoms with Gasteiger partial charge in [-0.1, -0.05) is 11.2 Å². The van der Waals surface area contributed by atoms with E-state index in [0.29, 0.717) is 18.3 Å². The number of methoxy groups -OCH3 is 1. The Morgan fingerprint density at radius 3 is 2.86 bits per heavy atom. The smallest absolute Gasteiger partial charge is 0.264 e. The van der Waals surface area contributed by atoms with Crippen LogP contribution in [0.1, 0.15) is 17.4 Å². The number of rotatable bonds is 5. The first-order valence-corrected chi connectivity index (χ1v) is 6.56. The van der Waals surface area contributed by atoms with Crippen LogP contribution in [-0.2, 0) is 18.0 Å². The van der Waals surface area contributed by atoms with Gasteiger partial charge in [0.25, 0.3) is 5.89 Å². The molecule has 6 heteroatoms. The molecule has 0 fully saturated rings. The van der Waals surface area contributed by atoms with Crippen LogP contribution in [0.3, 0.4) is 0 Å². The van der Waals surface area contributed by atoms with Crippen molar-refractivity contribution in [1.29, 1.82) is 0 Å². The minimum Gasteiger partial charge on any atom is -0.483 e. The zero-order valence-corrected chi connectivity index (χ0v) is 11.9. The minimum atomic E-state index is 0.212. The molecule has 2 heterocycles. The summed E-state index contributed by atoms with van der Waals surface area (Å²) in [4.78, 5) is 8.64. The van der Waals surface area contributed by atoms with Crippen molar-refractivity contribution in [3.05, 3.63) is 47.7 Å². The number of ether oxygens (including phenoxy) is 2. The molecule has 1 aromatic carbocycles. The Kier molecular flexibility index (Phi) is 3.79. The van der Waals surface area contributed by atoms with Gasteiger partial charge in [-0.15, -0.1) is 0 Å². The number of pyridine rings is 1. The molecule has 0 N–H and O–H groups in total. The molecule has 0 atom stereocenters. The van der Waals surface area contributed by atoms with E-state index >= 15 is 0 Å². The summed E-state index contributed by atoms with van der Waals surface area (Å²) >= 11 is 0. The Balaban J connectivity index is 1.78. The molecule has 21 heavy (non-hydrogen) atoms. The normalized spacial score (nSPS) is 11.0. The third-order valence-corrected chi connectivity index (χ3v) is 2.97. The number of nitrogens with zero attached hydrogens (tertiary/aromatic N) is 3. The molecule has 0 unspecified atom stereocenters. The predicted octanol–water partition coefficient (Wildman–Crippen LogP) is 2.65. The van der Waals surface area contributed by atoms with E-state index in [1.807, 2.05) is 37.3 Å². The number of aryl methyl sites for hydroxylation is 1. The van der Waals surface area contributed by atoms with E-state index < -0.39 is 0 Å². The zero-order chi connectivity index (χ0) is 14.7. The van der Waals surface area contributed by atoms with E-state index in [0.717, 1.165) is 22.3 Å². The third kappa shape index (κ3) is 3.00. The summed E-state index contributed by atoms with van der Waals surface area (Å²) in [6.07, 6.45) is 0. The fourth-order valence-electron chi connectivity index (χ4n) is 2.03. The second-order valence-corrected chi connectivity index (χ2v) is 4.60. The Morgan fingerprint density at radius 1 is 1.10 bits per heavy atom. The number of hydrogen-bond donors (Lipinski definition) is 0. The highest BCUT2D eigenvalue weighted by Gasteiger charge is 2.08. The average Bonchev–Trinajstić information content (AvgIpc) is 2.93. The van der Waals surface area contributed by atoms with Gasteiger partial charge in [0.15, 0.2) is 12.4 Å². The van der Waals surface area contributed by atoms with Gasteiger partial charge in [0.05, 0.1) is 5.52 Å². The van der Waals surface area contributed by atoms with Gasteiger partial charge in [0.1, 0.15) is 12.4 Å². The lowest BCUT2D eigenvalue weighted by Crippen LogP contribution is -1.98. The molecule has 2 aromatic heterocycles. The molecule has 3 rings (SSSR count). The second-order valence-electron chi connectivity index (χ2n) is 4.60. The Hall–Kier alpha value is -2.47. The molecule has 6 nitrogen and oxygen atoms in total. The number of aromatic nitrogens is 3. The van der Waals surface area contributed by atoms with Crippen molar-refractivity contribution >= 4 is 10.9 Å². The van der Waals surface area contributed by atoms with Crippen LogP contribution in [0, 0.1) is 6.92 Å². The Bertz CT molecular complexity index is 755. The maximum Gasteiger partial charge on any atom is 0.264 e. The van der Waals surface area contributed by atoms with E-state index in [2.05, 4.69) is 15.1 Å². The summed E-state index contributed by atoms with van der Waals surface area (Å²) in [7, 11) is 1.58. The van der Waals surface area contributed by atoms with Crippen LogP contribution in [-0.4, -0.2) is 22.2 Å². The Morgan fingerprint density at radius 2 is 2.00 bits per heavy atom. The van der Waals surface area contributed by atoms with Crippen molar-refractivity contribution in [1.82, 2.24) is 15.1 Å². The summed E-state index contributed by atoms with van der Waals surface area (Å²) < 4.78 is 15.8. The molecular formula is C15H15N3O3. The molecule has 0 bridgehead atoms. The molecule has 0 saturated heterocycles. The summed E-state index contributed by atoms with van der Waals surface area (Å²) in [5.74, 6) is 1.66. The van der Waals surface area contributed by atoms with Crippen LogP contribution in [0.15, 0.2) is 34.9 Å². The summed E-state index contributed by atoms with van der Waals surface area (Å²) in [5.41, 5.74) is 1.87. The molecule has 0 saturated carbocycles. The van der Waals surface area contributed by atoms with Crippen molar-refractivity contribution < 1.29 is 14.0 Å². The highest BCUT2D eigenvalue weighted by molar-refractivity contribution is 5.85. The van der Waals surface area contributed by atoms with Gasteiger partial charge in [-0.2, -0.15) is 4.98 Å². The summed E-state index contributed by atoms with van der Waals surface area (Å²) in [6.45, 7) is 2.49. The zero-order valence-electron chi connectivity index (χ0n) is 11.9. The lowest BCUT2D eigenvalue weighted by atomic mass is 10.2. The van der Waals surface area contributed by atoms with E-state index in [1.165, 1.54) is 0 Å². The fourth-order valence-corrected chi connectivity index (χ4v) is 2.03. The third-order valence-electron chi connectivity index (χ3n) is 2.97. The SMILES string of the molecule is COCc1noc(COc2cccc3nc(C)ccc23)n1. The summed E-state index contributed by atoms with van der Waals surface area (Å²) in [6, 6.07) is 9.72. The highest BCUT2D eigenvalue weighted by Crippen LogP contribution is 2.25. The number of benzene rings is 1. The topological polar surface area (TPSA) is 70.3 Å². The van der Waals surface area contributed by atoms with Gasteiger partial charge in [0.2, 0.25) is 0 Å². The average molecular weight is 285 g/mol. The van der Waals surface area contributed by atoms with Gasteiger partial charge in [-0.05, 0) is 31.2 Å². The first-order valence-electron chi connectivity index (χ1n) is 6.56. The minimum absolute atomic E-state index is 0.212. The molecule has 3 aromatic rings. The van der Waals surface area contributed by atoms with Gasteiger partial charge in [-0.3, -0.25) is 4.98 Å². The molecule has 108 valence electrons. The maximum absolute atomic E-state index is 5.76. The Labute approximate surface area is 121 Å². The van der Waals surface area contributed by atoms with Crippen LogP contribution in [0.5, 0.6) is 5.75 Å². The van der Waals surface area contributed by atoms with Crippen molar-refractivity contribution in [2.75, 3.05) is 7.11 Å². The fraction of sp³-hybridized carbons (Fsp3) is 0.267.